The summed E-state index contributed by atoms with van der Waals surface area (Å²) in [4.78, 5) is 2.79. The highest BCUT2D eigenvalue weighted by Crippen LogP contribution is 2.38. The van der Waals surface area contributed by atoms with E-state index in [1.165, 1.54) is 62.8 Å². The molecule has 1 saturated carbocycles. The van der Waals surface area contributed by atoms with Gasteiger partial charge in [0, 0.05) is 19.1 Å². The molecule has 2 aliphatic rings. The second kappa shape index (κ2) is 8.11. The predicted octanol–water partition coefficient (Wildman–Crippen LogP) is 0.704. The molecule has 0 N–H and O–H groups in total. The zero-order valence-electron chi connectivity index (χ0n) is 14.2. The van der Waals surface area contributed by atoms with Crippen LogP contribution in [0.1, 0.15) is 43.7 Å². The molecule has 2 nitrogen and oxygen atoms in total. The maximum atomic E-state index is 2.79. The van der Waals surface area contributed by atoms with Gasteiger partial charge in [0.1, 0.15) is 0 Å². The van der Waals surface area contributed by atoms with Gasteiger partial charge in [0.25, 0.3) is 0 Å². The Labute approximate surface area is 153 Å². The molecule has 1 aromatic rings. The largest absolute Gasteiger partial charge is 1.00 e. The van der Waals surface area contributed by atoms with Gasteiger partial charge in [0.15, 0.2) is 0 Å². The molecule has 22 heavy (non-hydrogen) atoms. The van der Waals surface area contributed by atoms with Crippen molar-refractivity contribution in [2.75, 3.05) is 40.3 Å². The second-order valence-corrected chi connectivity index (χ2v) is 7.67. The summed E-state index contributed by atoms with van der Waals surface area (Å²) in [6, 6.07) is 12.0. The molecule has 1 unspecified atom stereocenters. The molecule has 0 radical (unpaired) electrons. The van der Waals surface area contributed by atoms with Crippen molar-refractivity contribution in [3.05, 3.63) is 35.9 Å². The first kappa shape index (κ1) is 18.2. The van der Waals surface area contributed by atoms with Crippen LogP contribution < -0.4 is 24.0 Å². The first-order valence-corrected chi connectivity index (χ1v) is 8.77. The van der Waals surface area contributed by atoms with E-state index in [9.17, 15) is 0 Å². The van der Waals surface area contributed by atoms with Crippen molar-refractivity contribution in [1.82, 2.24) is 4.90 Å². The van der Waals surface area contributed by atoms with E-state index < -0.39 is 0 Å². The van der Waals surface area contributed by atoms with Crippen LogP contribution >= 0.6 is 0 Å². The van der Waals surface area contributed by atoms with Gasteiger partial charge in [0.2, 0.25) is 0 Å². The van der Waals surface area contributed by atoms with Crippen LogP contribution in [0.4, 0.5) is 0 Å². The monoisotopic (exact) mass is 414 g/mol. The zero-order valence-corrected chi connectivity index (χ0v) is 16.3. The van der Waals surface area contributed by atoms with E-state index >= 15 is 0 Å². The van der Waals surface area contributed by atoms with Gasteiger partial charge in [-0.2, -0.15) is 0 Å². The summed E-state index contributed by atoms with van der Waals surface area (Å²) in [6.07, 6.45) is 7.16. The van der Waals surface area contributed by atoms with Crippen molar-refractivity contribution in [3.63, 3.8) is 0 Å². The highest BCUT2D eigenvalue weighted by Gasteiger charge is 2.34. The van der Waals surface area contributed by atoms with E-state index in [0.29, 0.717) is 6.04 Å². The Morgan fingerprint density at radius 2 is 1.55 bits per heavy atom. The normalized spacial score (nSPS) is 24.5. The van der Waals surface area contributed by atoms with Gasteiger partial charge in [-0.1, -0.05) is 49.6 Å². The Bertz CT molecular complexity index is 430. The Hall–Kier alpha value is -0.130. The van der Waals surface area contributed by atoms with Gasteiger partial charge in [-0.3, -0.25) is 4.90 Å². The lowest BCUT2D eigenvalue weighted by atomic mass is 9.80. The summed E-state index contributed by atoms with van der Waals surface area (Å²) in [7, 11) is 4.74. The quantitative estimate of drug-likeness (QED) is 0.520. The zero-order chi connectivity index (χ0) is 14.7. The van der Waals surface area contributed by atoms with Crippen LogP contribution in [-0.2, 0) is 0 Å². The minimum Gasteiger partial charge on any atom is -1.00 e. The van der Waals surface area contributed by atoms with Gasteiger partial charge >= 0.3 is 0 Å². The molecular formula is C19H31IN2. The molecule has 1 aliphatic heterocycles. The lowest BCUT2D eigenvalue weighted by molar-refractivity contribution is -0.894. The molecule has 0 bridgehead atoms. The van der Waals surface area contributed by atoms with Crippen molar-refractivity contribution >= 4 is 0 Å². The Morgan fingerprint density at radius 3 is 2.14 bits per heavy atom. The van der Waals surface area contributed by atoms with Gasteiger partial charge < -0.3 is 28.5 Å². The molecule has 124 valence electrons. The standard InChI is InChI=1S/C19H31N2.HI/c1-21(2)15-13-20(14-16-21)19(17-9-5-3-6-10-17)18-11-7-4-8-12-18;/h3,5-6,9-10,18-19H,4,7-8,11-16H2,1-2H3;1H/q+1;/p-1. The summed E-state index contributed by atoms with van der Waals surface area (Å²) in [5, 5.41) is 0. The third-order valence-corrected chi connectivity index (χ3v) is 5.62. The molecule has 1 saturated heterocycles. The second-order valence-electron chi connectivity index (χ2n) is 7.67. The third-order valence-electron chi connectivity index (χ3n) is 5.62. The van der Waals surface area contributed by atoms with Gasteiger partial charge in [0.05, 0.1) is 27.2 Å². The average Bonchev–Trinajstić information content (AvgIpc) is 2.51. The van der Waals surface area contributed by atoms with E-state index in [2.05, 4.69) is 49.3 Å². The van der Waals surface area contributed by atoms with Crippen molar-refractivity contribution in [1.29, 1.82) is 0 Å². The van der Waals surface area contributed by atoms with Crippen LogP contribution in [0.5, 0.6) is 0 Å². The van der Waals surface area contributed by atoms with Crippen molar-refractivity contribution in [2.45, 2.75) is 38.1 Å². The molecular weight excluding hydrogens is 383 g/mol. The van der Waals surface area contributed by atoms with Crippen molar-refractivity contribution < 1.29 is 28.5 Å². The predicted molar refractivity (Wildman–Crippen MR) is 89.2 cm³/mol. The lowest BCUT2D eigenvalue weighted by Crippen LogP contribution is -3.00. The molecule has 1 aromatic carbocycles. The number of piperazine rings is 1. The minimum atomic E-state index is 0. The highest BCUT2D eigenvalue weighted by molar-refractivity contribution is 5.20. The van der Waals surface area contributed by atoms with E-state index in [1.54, 1.807) is 5.56 Å². The number of quaternary nitrogens is 1. The van der Waals surface area contributed by atoms with Gasteiger partial charge in [-0.15, -0.1) is 0 Å². The van der Waals surface area contributed by atoms with E-state index in [1.807, 2.05) is 0 Å². The number of hydrogen-bond donors (Lipinski definition) is 0. The summed E-state index contributed by atoms with van der Waals surface area (Å²) in [5.74, 6) is 0.870. The fourth-order valence-electron chi connectivity index (χ4n) is 4.18. The molecule has 1 heterocycles. The number of nitrogens with zero attached hydrogens (tertiary/aromatic N) is 2. The molecule has 3 rings (SSSR count). The van der Waals surface area contributed by atoms with Crippen LogP contribution in [0.25, 0.3) is 0 Å². The summed E-state index contributed by atoms with van der Waals surface area (Å²) in [5.41, 5.74) is 1.55. The Morgan fingerprint density at radius 1 is 0.955 bits per heavy atom. The van der Waals surface area contributed by atoms with Gasteiger partial charge in [-0.05, 0) is 24.3 Å². The SMILES string of the molecule is C[N+]1(C)CCN(C(c2ccccc2)C2CCCCC2)CC1.[I-]. The minimum absolute atomic E-state index is 0. The third kappa shape index (κ3) is 4.45. The number of hydrogen-bond acceptors (Lipinski definition) is 1. The van der Waals surface area contributed by atoms with Crippen molar-refractivity contribution in [3.8, 4) is 0 Å². The fourth-order valence-corrected chi connectivity index (χ4v) is 4.18. The first-order valence-electron chi connectivity index (χ1n) is 8.77. The van der Waals surface area contributed by atoms with E-state index in [4.69, 9.17) is 0 Å². The van der Waals surface area contributed by atoms with Gasteiger partial charge in [-0.25, -0.2) is 0 Å². The maximum absolute atomic E-state index is 2.79. The molecule has 2 fully saturated rings. The lowest BCUT2D eigenvalue weighted by Gasteiger charge is -2.45. The van der Waals surface area contributed by atoms with Crippen molar-refractivity contribution in [2.24, 2.45) is 5.92 Å². The summed E-state index contributed by atoms with van der Waals surface area (Å²) >= 11 is 0. The van der Waals surface area contributed by atoms with Crippen LogP contribution in [0.15, 0.2) is 30.3 Å². The molecule has 1 atom stereocenters. The molecule has 1 aliphatic carbocycles. The molecule has 0 amide bonds. The summed E-state index contributed by atoms with van der Waals surface area (Å²) < 4.78 is 1.18. The number of rotatable bonds is 3. The van der Waals surface area contributed by atoms with Crippen LogP contribution in [0.3, 0.4) is 0 Å². The van der Waals surface area contributed by atoms with Crippen LogP contribution in [0, 0.1) is 5.92 Å². The molecule has 3 heteroatoms. The number of benzene rings is 1. The fraction of sp³-hybridized carbons (Fsp3) is 0.684. The highest BCUT2D eigenvalue weighted by atomic mass is 127. The van der Waals surface area contributed by atoms with Crippen LogP contribution in [0.2, 0.25) is 0 Å². The topological polar surface area (TPSA) is 3.24 Å². The molecule has 0 spiro atoms. The Balaban J connectivity index is 0.00000176. The smallest absolute Gasteiger partial charge is 0.0912 e. The average molecular weight is 414 g/mol. The summed E-state index contributed by atoms with van der Waals surface area (Å²) in [6.45, 7) is 5.08. The first-order chi connectivity index (χ1) is 10.2. The Kier molecular flexibility index (Phi) is 6.72. The van der Waals surface area contributed by atoms with E-state index in [-0.39, 0.29) is 24.0 Å². The van der Waals surface area contributed by atoms with Crippen LogP contribution in [-0.4, -0.2) is 49.7 Å². The van der Waals surface area contributed by atoms with E-state index in [0.717, 1.165) is 5.92 Å². The maximum Gasteiger partial charge on any atom is 0.0912 e. The number of halogens is 1. The number of likely N-dealkylation sites (N-methyl/N-ethyl adjacent to an activating group) is 1. The molecule has 0 aromatic heterocycles.